The van der Waals surface area contributed by atoms with Crippen LogP contribution in [-0.4, -0.2) is 18.4 Å². The van der Waals surface area contributed by atoms with E-state index in [9.17, 15) is 3.83 Å². The van der Waals surface area contributed by atoms with Gasteiger partial charge in [0, 0.05) is 0 Å². The molecule has 60 valence electrons. The van der Waals surface area contributed by atoms with Crippen molar-refractivity contribution in [3.05, 3.63) is 29.8 Å². The molecule has 11 heavy (non-hydrogen) atoms. The Morgan fingerprint density at radius 1 is 1.36 bits per heavy atom. The van der Waals surface area contributed by atoms with Gasteiger partial charge in [0.1, 0.15) is 0 Å². The predicted molar refractivity (Wildman–Crippen MR) is 44.1 cm³/mol. The van der Waals surface area contributed by atoms with Crippen LogP contribution in [0.5, 0.6) is 0 Å². The summed E-state index contributed by atoms with van der Waals surface area (Å²) in [5.41, 5.74) is 1.20. The number of rotatable bonds is 2. The van der Waals surface area contributed by atoms with Crippen LogP contribution in [0.2, 0.25) is 0 Å². The second kappa shape index (κ2) is 3.77. The van der Waals surface area contributed by atoms with Gasteiger partial charge in [-0.1, -0.05) is 0 Å². The van der Waals surface area contributed by atoms with Crippen molar-refractivity contribution in [3.8, 4) is 0 Å². The van der Waals surface area contributed by atoms with Gasteiger partial charge in [-0.25, -0.2) is 0 Å². The van der Waals surface area contributed by atoms with E-state index in [0.717, 1.165) is 6.42 Å². The summed E-state index contributed by atoms with van der Waals surface area (Å²) in [6.45, 7) is 2.05. The predicted octanol–water partition coefficient (Wildman–Crippen LogP) is 0.367. The summed E-state index contributed by atoms with van der Waals surface area (Å²) in [5.74, 6) is 0. The van der Waals surface area contributed by atoms with Gasteiger partial charge in [0.15, 0.2) is 0 Å². The zero-order valence-electron chi connectivity index (χ0n) is 6.28. The molecule has 1 unspecified atom stereocenters. The van der Waals surface area contributed by atoms with Crippen molar-refractivity contribution in [1.29, 1.82) is 0 Å². The van der Waals surface area contributed by atoms with Crippen molar-refractivity contribution in [3.63, 3.8) is 0 Å². The van der Waals surface area contributed by atoms with E-state index < -0.39 is 14.2 Å². The molecule has 0 fully saturated rings. The van der Waals surface area contributed by atoms with Crippen LogP contribution in [0.25, 0.3) is 0 Å². The van der Waals surface area contributed by atoms with E-state index in [1.807, 2.05) is 12.1 Å². The van der Waals surface area contributed by atoms with Gasteiger partial charge in [0.05, 0.1) is 0 Å². The molecule has 0 spiro atoms. The molecule has 1 rings (SSSR count). The van der Waals surface area contributed by atoms with Crippen LogP contribution in [0.4, 0.5) is 0 Å². The van der Waals surface area contributed by atoms with E-state index >= 15 is 0 Å². The zero-order valence-corrected chi connectivity index (χ0v) is 7.99. The molecule has 0 heterocycles. The minimum atomic E-state index is -2.69. The standard InChI is InChI=1S/C8H10O2Se/c1-2-7-3-5-8(6-4-7)11(9)10/h3-6H,2H2,1H3,(H,9,10). The molecule has 0 amide bonds. The van der Waals surface area contributed by atoms with Crippen LogP contribution in [0.3, 0.4) is 0 Å². The fourth-order valence-corrected chi connectivity index (χ4v) is 1.62. The van der Waals surface area contributed by atoms with Crippen molar-refractivity contribution in [1.82, 2.24) is 0 Å². The van der Waals surface area contributed by atoms with E-state index in [1.54, 1.807) is 12.1 Å². The van der Waals surface area contributed by atoms with Gasteiger partial charge in [-0.2, -0.15) is 0 Å². The average Bonchev–Trinajstić information content (AvgIpc) is 2.05. The molecule has 0 aliphatic rings. The van der Waals surface area contributed by atoms with Crippen LogP contribution in [0.1, 0.15) is 12.5 Å². The molecule has 0 bridgehead atoms. The topological polar surface area (TPSA) is 37.3 Å². The molecular formula is C8H10O2Se. The molecule has 1 atom stereocenters. The van der Waals surface area contributed by atoms with Gasteiger partial charge in [0.2, 0.25) is 0 Å². The maximum absolute atomic E-state index is 10.6. The normalized spacial score (nSPS) is 12.9. The molecule has 1 aromatic rings. The van der Waals surface area contributed by atoms with Crippen LogP contribution in [-0.2, 0) is 10.3 Å². The molecule has 0 saturated carbocycles. The summed E-state index contributed by atoms with van der Waals surface area (Å²) < 4.78 is 19.9. The number of benzene rings is 1. The van der Waals surface area contributed by atoms with E-state index in [2.05, 4.69) is 6.92 Å². The van der Waals surface area contributed by atoms with E-state index in [4.69, 9.17) is 4.19 Å². The first kappa shape index (κ1) is 8.59. The molecule has 2 nitrogen and oxygen atoms in total. The molecule has 0 radical (unpaired) electrons. The van der Waals surface area contributed by atoms with Crippen molar-refractivity contribution in [2.75, 3.05) is 0 Å². The van der Waals surface area contributed by atoms with Gasteiger partial charge in [0.25, 0.3) is 0 Å². The molecule has 0 saturated heterocycles. The SMILES string of the molecule is CCc1ccc([Se](=O)O)cc1. The molecule has 3 heteroatoms. The Labute approximate surface area is 70.3 Å². The fourth-order valence-electron chi connectivity index (χ4n) is 0.842. The first-order valence-electron chi connectivity index (χ1n) is 3.44. The second-order valence-electron chi connectivity index (χ2n) is 2.25. The van der Waals surface area contributed by atoms with Crippen molar-refractivity contribution < 1.29 is 8.02 Å². The molecular weight excluding hydrogens is 207 g/mol. The van der Waals surface area contributed by atoms with Crippen molar-refractivity contribution in [2.24, 2.45) is 0 Å². The summed E-state index contributed by atoms with van der Waals surface area (Å²) in [5, 5.41) is 0. The molecule has 0 aliphatic heterocycles. The molecule has 1 aromatic carbocycles. The number of hydrogen-bond acceptors (Lipinski definition) is 1. The molecule has 0 aliphatic carbocycles. The Kier molecular flexibility index (Phi) is 2.94. The summed E-state index contributed by atoms with van der Waals surface area (Å²) in [7, 11) is 0. The summed E-state index contributed by atoms with van der Waals surface area (Å²) in [6.07, 6.45) is 0.967. The third-order valence-corrected chi connectivity index (χ3v) is 2.95. The van der Waals surface area contributed by atoms with Gasteiger partial charge >= 0.3 is 69.8 Å². The number of hydrogen-bond donors (Lipinski definition) is 1. The van der Waals surface area contributed by atoms with Crippen molar-refractivity contribution in [2.45, 2.75) is 13.3 Å². The molecule has 0 aromatic heterocycles. The van der Waals surface area contributed by atoms with Gasteiger partial charge in [-0.3, -0.25) is 0 Å². The van der Waals surface area contributed by atoms with Gasteiger partial charge in [-0.15, -0.1) is 0 Å². The monoisotopic (exact) mass is 218 g/mol. The minimum absolute atomic E-state index is 0.558. The maximum atomic E-state index is 10.6. The Balaban J connectivity index is 2.91. The number of aryl methyl sites for hydroxylation is 1. The first-order chi connectivity index (χ1) is 5.24. The van der Waals surface area contributed by atoms with Crippen molar-refractivity contribution >= 4 is 18.6 Å². The third-order valence-electron chi connectivity index (χ3n) is 1.53. The van der Waals surface area contributed by atoms with Crippen LogP contribution in [0.15, 0.2) is 24.3 Å². The second-order valence-corrected chi connectivity index (χ2v) is 4.28. The molecule has 1 N–H and O–H groups in total. The van der Waals surface area contributed by atoms with E-state index in [-0.39, 0.29) is 0 Å². The summed E-state index contributed by atoms with van der Waals surface area (Å²) in [4.78, 5) is 0. The Bertz CT molecular complexity index is 253. The Morgan fingerprint density at radius 2 is 1.91 bits per heavy atom. The summed E-state index contributed by atoms with van der Waals surface area (Å²) >= 11 is -2.69. The first-order valence-corrected chi connectivity index (χ1v) is 5.76. The quantitative estimate of drug-likeness (QED) is 0.726. The summed E-state index contributed by atoms with van der Waals surface area (Å²) in [6, 6.07) is 7.22. The van der Waals surface area contributed by atoms with E-state index in [1.165, 1.54) is 5.56 Å². The van der Waals surface area contributed by atoms with E-state index in [0.29, 0.717) is 4.46 Å². The Hall–Kier alpha value is -0.501. The van der Waals surface area contributed by atoms with Gasteiger partial charge < -0.3 is 0 Å². The van der Waals surface area contributed by atoms with Gasteiger partial charge in [-0.05, 0) is 0 Å². The van der Waals surface area contributed by atoms with Crippen LogP contribution in [0, 0.1) is 0 Å². The van der Waals surface area contributed by atoms with Crippen LogP contribution >= 0.6 is 0 Å². The fraction of sp³-hybridized carbons (Fsp3) is 0.250. The van der Waals surface area contributed by atoms with Crippen LogP contribution < -0.4 is 4.46 Å². The average molecular weight is 217 g/mol. The Morgan fingerprint density at radius 3 is 2.27 bits per heavy atom. The third kappa shape index (κ3) is 2.22. The zero-order chi connectivity index (χ0) is 8.27.